The number of benzene rings is 1. The van der Waals surface area contributed by atoms with E-state index in [-0.39, 0.29) is 11.8 Å². The maximum Gasteiger partial charge on any atom is 0.408 e. The fourth-order valence-electron chi connectivity index (χ4n) is 3.57. The average molecular weight is 504 g/mol. The Labute approximate surface area is 212 Å². The van der Waals surface area contributed by atoms with Crippen molar-refractivity contribution >= 4 is 23.8 Å². The maximum absolute atomic E-state index is 13.6. The van der Waals surface area contributed by atoms with Gasteiger partial charge in [-0.25, -0.2) is 4.79 Å². The Bertz CT molecular complexity index is 998. The number of nitriles is 1. The number of rotatable bonds is 11. The second-order valence-corrected chi connectivity index (χ2v) is 9.64. The number of ether oxygens (including phenoxy) is 1. The molecule has 1 aromatic rings. The molecular formula is C25H37N5O6. The van der Waals surface area contributed by atoms with Crippen LogP contribution < -0.4 is 16.4 Å². The third kappa shape index (κ3) is 9.44. The molecule has 198 valence electrons. The molecule has 0 aliphatic carbocycles. The van der Waals surface area contributed by atoms with Gasteiger partial charge in [0.25, 0.3) is 0 Å². The molecule has 0 heterocycles. The smallest absolute Gasteiger partial charge is 0.408 e. The van der Waals surface area contributed by atoms with Crippen molar-refractivity contribution in [3.05, 3.63) is 29.3 Å². The van der Waals surface area contributed by atoms with Crippen LogP contribution in [0.2, 0.25) is 0 Å². The lowest BCUT2D eigenvalue weighted by Crippen LogP contribution is -2.54. The number of nitrogens with two attached hydrogens (primary N) is 1. The quantitative estimate of drug-likeness (QED) is 0.335. The van der Waals surface area contributed by atoms with Gasteiger partial charge in [-0.05, 0) is 64.3 Å². The highest BCUT2D eigenvalue weighted by Crippen LogP contribution is 2.27. The number of alkyl carbamates (subject to hydrolysis) is 1. The van der Waals surface area contributed by atoms with Crippen LogP contribution in [0.1, 0.15) is 71.0 Å². The van der Waals surface area contributed by atoms with E-state index in [9.17, 15) is 29.5 Å². The minimum Gasteiger partial charge on any atom is -0.508 e. The summed E-state index contributed by atoms with van der Waals surface area (Å²) < 4.78 is 5.20. The van der Waals surface area contributed by atoms with Crippen molar-refractivity contribution in [3.8, 4) is 11.8 Å². The van der Waals surface area contributed by atoms with Crippen molar-refractivity contribution in [1.82, 2.24) is 15.5 Å². The van der Waals surface area contributed by atoms with E-state index in [1.807, 2.05) is 19.9 Å². The van der Waals surface area contributed by atoms with Crippen molar-refractivity contribution in [2.45, 2.75) is 84.5 Å². The predicted octanol–water partition coefficient (Wildman–Crippen LogP) is 2.17. The zero-order chi connectivity index (χ0) is 27.6. The van der Waals surface area contributed by atoms with Crippen LogP contribution in [-0.4, -0.2) is 58.1 Å². The topological polar surface area (TPSA) is 175 Å². The van der Waals surface area contributed by atoms with Gasteiger partial charge in [0.1, 0.15) is 30.0 Å². The number of hydrogen-bond donors (Lipinski definition) is 4. The van der Waals surface area contributed by atoms with E-state index in [0.29, 0.717) is 17.5 Å². The van der Waals surface area contributed by atoms with E-state index in [1.54, 1.807) is 27.7 Å². The lowest BCUT2D eigenvalue weighted by Gasteiger charge is -2.33. The molecule has 0 radical (unpaired) electrons. The summed E-state index contributed by atoms with van der Waals surface area (Å²) in [5.41, 5.74) is 5.23. The van der Waals surface area contributed by atoms with Crippen molar-refractivity contribution in [2.24, 2.45) is 5.73 Å². The van der Waals surface area contributed by atoms with Gasteiger partial charge in [-0.3, -0.25) is 14.4 Å². The summed E-state index contributed by atoms with van der Waals surface area (Å²) in [4.78, 5) is 52.1. The van der Waals surface area contributed by atoms with Gasteiger partial charge in [0.15, 0.2) is 0 Å². The van der Waals surface area contributed by atoms with E-state index >= 15 is 0 Å². The summed E-state index contributed by atoms with van der Waals surface area (Å²) in [6.45, 7) is 9.77. The van der Waals surface area contributed by atoms with Crippen LogP contribution in [0.4, 0.5) is 4.79 Å². The molecule has 11 nitrogen and oxygen atoms in total. The Morgan fingerprint density at radius 2 is 1.86 bits per heavy atom. The van der Waals surface area contributed by atoms with E-state index in [2.05, 4.69) is 10.6 Å². The van der Waals surface area contributed by atoms with Crippen LogP contribution in [-0.2, 0) is 19.1 Å². The number of carbonyl (C=O) groups excluding carboxylic acids is 4. The van der Waals surface area contributed by atoms with Gasteiger partial charge in [0, 0.05) is 6.04 Å². The monoisotopic (exact) mass is 503 g/mol. The molecule has 1 aromatic carbocycles. The Kier molecular flexibility index (Phi) is 11.2. The number of primary amides is 1. The maximum atomic E-state index is 13.6. The summed E-state index contributed by atoms with van der Waals surface area (Å²) in [5, 5.41) is 24.7. The molecule has 0 spiro atoms. The molecular weight excluding hydrogens is 466 g/mol. The normalized spacial score (nSPS) is 13.5. The van der Waals surface area contributed by atoms with E-state index in [4.69, 9.17) is 10.5 Å². The Balaban J connectivity index is 3.51. The first-order chi connectivity index (χ1) is 16.7. The van der Waals surface area contributed by atoms with Gasteiger partial charge in [0.2, 0.25) is 17.7 Å². The number of nitrogens with one attached hydrogen (secondary N) is 2. The summed E-state index contributed by atoms with van der Waals surface area (Å²) in [6.07, 6.45) is -0.0397. The summed E-state index contributed by atoms with van der Waals surface area (Å²) in [5.74, 6) is -2.30. The first-order valence-electron chi connectivity index (χ1n) is 11.7. The van der Waals surface area contributed by atoms with Crippen LogP contribution in [0.3, 0.4) is 0 Å². The standard InChI is InChI=1S/C25H37N5O6/c1-7-8-16(3)28-22(33)21(17-9-10-19(31)15(2)13-17)30(12-11-26)23(34)18(14-20(27)32)29-24(35)36-25(4,5)6/h9-10,13,16,18,21,31H,7-8,12,14H2,1-6H3,(H2,27,32)(H,28,33)(H,29,35). The molecule has 0 saturated carbocycles. The fraction of sp³-hybridized carbons (Fsp3) is 0.560. The molecule has 0 fully saturated rings. The van der Waals surface area contributed by atoms with Gasteiger partial charge in [-0.15, -0.1) is 0 Å². The minimum absolute atomic E-state index is 0.00591. The fourth-order valence-corrected chi connectivity index (χ4v) is 3.57. The highest BCUT2D eigenvalue weighted by Gasteiger charge is 2.37. The Morgan fingerprint density at radius 1 is 1.22 bits per heavy atom. The zero-order valence-electron chi connectivity index (χ0n) is 21.8. The third-order valence-corrected chi connectivity index (χ3v) is 5.13. The lowest BCUT2D eigenvalue weighted by molar-refractivity contribution is -0.142. The largest absolute Gasteiger partial charge is 0.508 e. The molecule has 0 saturated heterocycles. The first-order valence-corrected chi connectivity index (χ1v) is 11.7. The summed E-state index contributed by atoms with van der Waals surface area (Å²) >= 11 is 0. The van der Waals surface area contributed by atoms with Crippen molar-refractivity contribution in [2.75, 3.05) is 6.54 Å². The molecule has 3 unspecified atom stereocenters. The van der Waals surface area contributed by atoms with Crippen molar-refractivity contribution < 1.29 is 29.0 Å². The van der Waals surface area contributed by atoms with Crippen molar-refractivity contribution in [1.29, 1.82) is 5.26 Å². The molecule has 4 amide bonds. The first kappa shape index (κ1) is 30.2. The van der Waals surface area contributed by atoms with Crippen LogP contribution in [0.25, 0.3) is 0 Å². The number of carbonyl (C=O) groups is 4. The number of amides is 4. The van der Waals surface area contributed by atoms with Crippen LogP contribution >= 0.6 is 0 Å². The lowest BCUT2D eigenvalue weighted by atomic mass is 9.99. The summed E-state index contributed by atoms with van der Waals surface area (Å²) in [6, 6.07) is 3.28. The molecule has 0 aromatic heterocycles. The molecule has 1 rings (SSSR count). The highest BCUT2D eigenvalue weighted by molar-refractivity contribution is 5.94. The molecule has 5 N–H and O–H groups in total. The summed E-state index contributed by atoms with van der Waals surface area (Å²) in [7, 11) is 0. The second kappa shape index (κ2) is 13.3. The molecule has 0 aliphatic heterocycles. The minimum atomic E-state index is -1.48. The van der Waals surface area contributed by atoms with Gasteiger partial charge < -0.3 is 31.1 Å². The predicted molar refractivity (Wildman–Crippen MR) is 132 cm³/mol. The zero-order valence-corrected chi connectivity index (χ0v) is 21.8. The van der Waals surface area contributed by atoms with Crippen LogP contribution in [0, 0.1) is 18.3 Å². The van der Waals surface area contributed by atoms with E-state index in [0.717, 1.165) is 11.3 Å². The highest BCUT2D eigenvalue weighted by atomic mass is 16.6. The number of nitrogens with zero attached hydrogens (tertiary/aromatic N) is 2. The van der Waals surface area contributed by atoms with Crippen LogP contribution in [0.5, 0.6) is 5.75 Å². The van der Waals surface area contributed by atoms with Gasteiger partial charge >= 0.3 is 6.09 Å². The molecule has 11 heteroatoms. The third-order valence-electron chi connectivity index (χ3n) is 5.13. The molecule has 0 bridgehead atoms. The van der Waals surface area contributed by atoms with E-state index < -0.39 is 54.5 Å². The van der Waals surface area contributed by atoms with Crippen molar-refractivity contribution in [3.63, 3.8) is 0 Å². The van der Waals surface area contributed by atoms with E-state index in [1.165, 1.54) is 18.2 Å². The molecule has 3 atom stereocenters. The molecule has 36 heavy (non-hydrogen) atoms. The van der Waals surface area contributed by atoms with Crippen LogP contribution in [0.15, 0.2) is 18.2 Å². The average Bonchev–Trinajstić information content (AvgIpc) is 2.73. The number of phenols is 1. The van der Waals surface area contributed by atoms with Gasteiger partial charge in [-0.1, -0.05) is 19.4 Å². The SMILES string of the molecule is CCCC(C)NC(=O)C(c1ccc(O)c(C)c1)N(CC#N)C(=O)C(CC(N)=O)NC(=O)OC(C)(C)C. The number of aryl methyl sites for hydroxylation is 1. The second-order valence-electron chi connectivity index (χ2n) is 9.64. The Hall–Kier alpha value is -3.81. The van der Waals surface area contributed by atoms with Gasteiger partial charge in [0.05, 0.1) is 12.5 Å². The number of hydrogen-bond acceptors (Lipinski definition) is 7. The number of aromatic hydroxyl groups is 1. The molecule has 0 aliphatic rings. The van der Waals surface area contributed by atoms with Gasteiger partial charge in [-0.2, -0.15) is 5.26 Å². The number of phenolic OH excluding ortho intramolecular Hbond substituents is 1. The Morgan fingerprint density at radius 3 is 2.36 bits per heavy atom.